The maximum absolute atomic E-state index is 11.4. The summed E-state index contributed by atoms with van der Waals surface area (Å²) in [6.07, 6.45) is 4.61. The lowest BCUT2D eigenvalue weighted by atomic mass is 10.1. The van der Waals surface area contributed by atoms with Gasteiger partial charge in [-0.15, -0.1) is 0 Å². The van der Waals surface area contributed by atoms with Crippen molar-refractivity contribution in [2.45, 2.75) is 32.6 Å². The van der Waals surface area contributed by atoms with Crippen LogP contribution < -0.4 is 0 Å². The smallest absolute Gasteiger partial charge is 0.335 e. The van der Waals surface area contributed by atoms with Crippen molar-refractivity contribution < 1.29 is 14.3 Å². The Kier molecular flexibility index (Phi) is 4.34. The van der Waals surface area contributed by atoms with E-state index in [4.69, 9.17) is 0 Å². The number of rotatable bonds is 4. The molecular weight excluding hydrogens is 194 g/mol. The summed E-state index contributed by atoms with van der Waals surface area (Å²) in [5.74, 6) is -0.246. The first-order chi connectivity index (χ1) is 7.19. The van der Waals surface area contributed by atoms with Gasteiger partial charge in [0.05, 0.1) is 12.7 Å². The number of carbonyl (C=O) groups excluding carboxylic acids is 2. The van der Waals surface area contributed by atoms with E-state index in [0.29, 0.717) is 25.0 Å². The molecule has 0 spiro atoms. The molecule has 1 aliphatic heterocycles. The van der Waals surface area contributed by atoms with Crippen molar-refractivity contribution in [3.63, 3.8) is 0 Å². The number of methoxy groups -OCH3 is 1. The zero-order valence-corrected chi connectivity index (χ0v) is 9.28. The highest BCUT2D eigenvalue weighted by molar-refractivity contribution is 5.89. The molecule has 0 bridgehead atoms. The van der Waals surface area contributed by atoms with Gasteiger partial charge in [-0.2, -0.15) is 0 Å². The minimum absolute atomic E-state index is 0.0903. The molecule has 0 aromatic rings. The number of esters is 1. The van der Waals surface area contributed by atoms with Crippen molar-refractivity contribution in [2.24, 2.45) is 0 Å². The van der Waals surface area contributed by atoms with Gasteiger partial charge in [0.2, 0.25) is 5.91 Å². The highest BCUT2D eigenvalue weighted by Crippen LogP contribution is 2.14. The van der Waals surface area contributed by atoms with Crippen LogP contribution in [0.25, 0.3) is 0 Å². The molecule has 84 valence electrons. The third kappa shape index (κ3) is 3.08. The Morgan fingerprint density at radius 3 is 2.80 bits per heavy atom. The second-order valence-electron chi connectivity index (χ2n) is 3.59. The van der Waals surface area contributed by atoms with E-state index in [9.17, 15) is 9.59 Å². The Morgan fingerprint density at radius 1 is 1.60 bits per heavy atom. The molecule has 1 heterocycles. The molecule has 1 amide bonds. The van der Waals surface area contributed by atoms with Crippen molar-refractivity contribution in [3.8, 4) is 0 Å². The molecule has 0 unspecified atom stereocenters. The number of ether oxygens (including phenoxy) is 1. The second-order valence-corrected chi connectivity index (χ2v) is 3.59. The van der Waals surface area contributed by atoms with E-state index in [-0.39, 0.29) is 11.9 Å². The van der Waals surface area contributed by atoms with Gasteiger partial charge in [-0.05, 0) is 12.8 Å². The summed E-state index contributed by atoms with van der Waals surface area (Å²) in [6.45, 7) is 2.70. The van der Waals surface area contributed by atoms with Gasteiger partial charge in [0.25, 0.3) is 0 Å². The van der Waals surface area contributed by atoms with Crippen LogP contribution in [0.15, 0.2) is 11.8 Å². The maximum Gasteiger partial charge on any atom is 0.335 e. The quantitative estimate of drug-likeness (QED) is 0.522. The van der Waals surface area contributed by atoms with Gasteiger partial charge in [-0.3, -0.25) is 4.79 Å². The summed E-state index contributed by atoms with van der Waals surface area (Å²) in [4.78, 5) is 24.3. The summed E-state index contributed by atoms with van der Waals surface area (Å²) < 4.78 is 4.67. The fraction of sp³-hybridized carbons (Fsp3) is 0.636. The molecule has 4 heteroatoms. The van der Waals surface area contributed by atoms with E-state index in [1.54, 1.807) is 11.1 Å². The SMILES string of the molecule is CCC/C(=C/N1CCCC1=O)C(=O)OC. The van der Waals surface area contributed by atoms with Gasteiger partial charge < -0.3 is 9.64 Å². The van der Waals surface area contributed by atoms with Crippen molar-refractivity contribution in [1.82, 2.24) is 4.90 Å². The van der Waals surface area contributed by atoms with Crippen LogP contribution in [0.1, 0.15) is 32.6 Å². The zero-order chi connectivity index (χ0) is 11.3. The van der Waals surface area contributed by atoms with Gasteiger partial charge >= 0.3 is 5.97 Å². The largest absolute Gasteiger partial charge is 0.466 e. The maximum atomic E-state index is 11.4. The zero-order valence-electron chi connectivity index (χ0n) is 9.28. The van der Waals surface area contributed by atoms with Crippen molar-refractivity contribution >= 4 is 11.9 Å². The predicted molar refractivity (Wildman–Crippen MR) is 56.0 cm³/mol. The normalized spacial score (nSPS) is 17.1. The lowest BCUT2D eigenvalue weighted by Crippen LogP contribution is -2.20. The predicted octanol–water partition coefficient (Wildman–Crippen LogP) is 1.47. The molecule has 0 atom stereocenters. The summed E-state index contributed by atoms with van der Waals surface area (Å²) in [5.41, 5.74) is 0.579. The van der Waals surface area contributed by atoms with E-state index < -0.39 is 0 Å². The standard InChI is InChI=1S/C11H17NO3/c1-3-5-9(11(14)15-2)8-12-7-4-6-10(12)13/h8H,3-7H2,1-2H3/b9-8-. The molecule has 1 rings (SSSR count). The number of carbonyl (C=O) groups is 2. The molecule has 1 saturated heterocycles. The Morgan fingerprint density at radius 2 is 2.33 bits per heavy atom. The van der Waals surface area contributed by atoms with E-state index >= 15 is 0 Å². The molecule has 0 N–H and O–H groups in total. The monoisotopic (exact) mass is 211 g/mol. The molecular formula is C11H17NO3. The molecule has 1 aliphatic rings. The lowest BCUT2D eigenvalue weighted by molar-refractivity contribution is -0.136. The summed E-state index contributed by atoms with van der Waals surface area (Å²) >= 11 is 0. The van der Waals surface area contributed by atoms with Crippen LogP contribution in [0.4, 0.5) is 0 Å². The first-order valence-corrected chi connectivity index (χ1v) is 5.27. The van der Waals surface area contributed by atoms with Crippen molar-refractivity contribution in [2.75, 3.05) is 13.7 Å². The van der Waals surface area contributed by atoms with Crippen LogP contribution >= 0.6 is 0 Å². The number of amides is 1. The van der Waals surface area contributed by atoms with E-state index in [1.807, 2.05) is 6.92 Å². The van der Waals surface area contributed by atoms with E-state index in [0.717, 1.165) is 12.8 Å². The summed E-state index contributed by atoms with van der Waals surface area (Å²) in [6, 6.07) is 0. The molecule has 0 aromatic carbocycles. The highest BCUT2D eigenvalue weighted by atomic mass is 16.5. The van der Waals surface area contributed by atoms with Gasteiger partial charge in [-0.25, -0.2) is 4.79 Å². The molecule has 0 aromatic heterocycles. The first kappa shape index (κ1) is 11.8. The molecule has 4 nitrogen and oxygen atoms in total. The number of likely N-dealkylation sites (tertiary alicyclic amines) is 1. The molecule has 15 heavy (non-hydrogen) atoms. The Balaban J connectivity index is 2.73. The molecule has 1 fully saturated rings. The van der Waals surface area contributed by atoms with E-state index in [1.165, 1.54) is 7.11 Å². The van der Waals surface area contributed by atoms with Crippen LogP contribution in [-0.4, -0.2) is 30.4 Å². The lowest BCUT2D eigenvalue weighted by Gasteiger charge is -2.12. The minimum atomic E-state index is -0.337. The molecule has 0 aliphatic carbocycles. The van der Waals surface area contributed by atoms with Crippen LogP contribution in [0, 0.1) is 0 Å². The van der Waals surface area contributed by atoms with Crippen molar-refractivity contribution in [1.29, 1.82) is 0 Å². The van der Waals surface area contributed by atoms with Crippen LogP contribution in [-0.2, 0) is 14.3 Å². The molecule has 0 saturated carbocycles. The molecule has 0 radical (unpaired) electrons. The number of nitrogens with zero attached hydrogens (tertiary/aromatic N) is 1. The van der Waals surface area contributed by atoms with Crippen LogP contribution in [0.3, 0.4) is 0 Å². The van der Waals surface area contributed by atoms with Gasteiger partial charge in [-0.1, -0.05) is 13.3 Å². The second kappa shape index (κ2) is 5.53. The summed E-state index contributed by atoms with van der Waals surface area (Å²) in [7, 11) is 1.36. The van der Waals surface area contributed by atoms with Crippen molar-refractivity contribution in [3.05, 3.63) is 11.8 Å². The highest BCUT2D eigenvalue weighted by Gasteiger charge is 2.20. The fourth-order valence-electron chi connectivity index (χ4n) is 1.61. The van der Waals surface area contributed by atoms with Gasteiger partial charge in [0, 0.05) is 19.2 Å². The summed E-state index contributed by atoms with van der Waals surface area (Å²) in [5, 5.41) is 0. The Labute approximate surface area is 89.9 Å². The topological polar surface area (TPSA) is 46.6 Å². The Bertz CT molecular complexity index is 284. The number of hydrogen-bond donors (Lipinski definition) is 0. The fourth-order valence-corrected chi connectivity index (χ4v) is 1.61. The van der Waals surface area contributed by atoms with E-state index in [2.05, 4.69) is 4.74 Å². The third-order valence-electron chi connectivity index (χ3n) is 2.39. The van der Waals surface area contributed by atoms with Gasteiger partial charge in [0.15, 0.2) is 0 Å². The van der Waals surface area contributed by atoms with Gasteiger partial charge in [0.1, 0.15) is 0 Å². The third-order valence-corrected chi connectivity index (χ3v) is 2.39. The first-order valence-electron chi connectivity index (χ1n) is 5.27. The number of hydrogen-bond acceptors (Lipinski definition) is 3. The average molecular weight is 211 g/mol. The van der Waals surface area contributed by atoms with Crippen LogP contribution in [0.5, 0.6) is 0 Å². The van der Waals surface area contributed by atoms with Crippen LogP contribution in [0.2, 0.25) is 0 Å². The Hall–Kier alpha value is -1.32. The average Bonchev–Trinajstić information content (AvgIpc) is 2.63. The minimum Gasteiger partial charge on any atom is -0.466 e.